The summed E-state index contributed by atoms with van der Waals surface area (Å²) in [5, 5.41) is 8.89. The Bertz CT molecular complexity index is 782. The molecule has 0 atom stereocenters. The molecule has 0 saturated heterocycles. The summed E-state index contributed by atoms with van der Waals surface area (Å²) in [6.07, 6.45) is 1.69. The van der Waals surface area contributed by atoms with Gasteiger partial charge in [-0.05, 0) is 32.3 Å². The van der Waals surface area contributed by atoms with Crippen molar-refractivity contribution in [3.05, 3.63) is 29.5 Å². The Labute approximate surface area is 128 Å². The van der Waals surface area contributed by atoms with Crippen molar-refractivity contribution in [1.29, 1.82) is 0 Å². The second-order valence-corrected chi connectivity index (χ2v) is 5.75. The molecule has 0 N–H and O–H groups in total. The molecule has 0 unspecified atom stereocenters. The van der Waals surface area contributed by atoms with Crippen LogP contribution in [0.3, 0.4) is 0 Å². The van der Waals surface area contributed by atoms with Gasteiger partial charge in [-0.3, -0.25) is 4.40 Å². The third-order valence-corrected chi connectivity index (χ3v) is 3.65. The minimum Gasteiger partial charge on any atom is -0.355 e. The lowest BCUT2D eigenvalue weighted by Crippen LogP contribution is -2.29. The van der Waals surface area contributed by atoms with Crippen LogP contribution < -0.4 is 4.90 Å². The largest absolute Gasteiger partial charge is 0.355 e. The van der Waals surface area contributed by atoms with Gasteiger partial charge in [0.15, 0.2) is 5.82 Å². The van der Waals surface area contributed by atoms with Gasteiger partial charge >= 0.3 is 0 Å². The van der Waals surface area contributed by atoms with Crippen LogP contribution in [0.5, 0.6) is 0 Å². The number of benzene rings is 1. The van der Waals surface area contributed by atoms with E-state index < -0.39 is 0 Å². The monoisotopic (exact) mass is 304 g/mol. The van der Waals surface area contributed by atoms with Crippen LogP contribution in [0.2, 0.25) is 5.02 Å². The number of fused-ring (bicyclic) bond motifs is 3. The minimum absolute atomic E-state index is 0.674. The van der Waals surface area contributed by atoms with Gasteiger partial charge in [-0.2, -0.15) is 0 Å². The maximum atomic E-state index is 6.08. The first-order valence-electron chi connectivity index (χ1n) is 6.71. The van der Waals surface area contributed by atoms with Gasteiger partial charge in [-0.15, -0.1) is 10.2 Å². The highest BCUT2D eigenvalue weighted by molar-refractivity contribution is 6.31. The molecule has 0 spiro atoms. The lowest BCUT2D eigenvalue weighted by molar-refractivity contribution is 0.416. The minimum atomic E-state index is 0.674. The summed E-state index contributed by atoms with van der Waals surface area (Å²) < 4.78 is 1.93. The summed E-state index contributed by atoms with van der Waals surface area (Å²) in [5.74, 6) is 0.823. The van der Waals surface area contributed by atoms with Crippen molar-refractivity contribution in [2.24, 2.45) is 0 Å². The molecule has 110 valence electrons. The van der Waals surface area contributed by atoms with Crippen molar-refractivity contribution < 1.29 is 0 Å². The Morgan fingerprint density at radius 1 is 1.19 bits per heavy atom. The Morgan fingerprint density at radius 2 is 2.00 bits per heavy atom. The summed E-state index contributed by atoms with van der Waals surface area (Å²) in [6, 6.07) is 5.64. The number of hydrogen-bond acceptors (Lipinski definition) is 5. The zero-order valence-corrected chi connectivity index (χ0v) is 13.0. The van der Waals surface area contributed by atoms with Crippen molar-refractivity contribution in [3.8, 4) is 0 Å². The number of hydrogen-bond donors (Lipinski definition) is 0. The van der Waals surface area contributed by atoms with Crippen molar-refractivity contribution in [1.82, 2.24) is 24.5 Å². The van der Waals surface area contributed by atoms with Gasteiger partial charge in [-0.25, -0.2) is 4.98 Å². The first kappa shape index (κ1) is 14.0. The molecule has 0 aliphatic carbocycles. The van der Waals surface area contributed by atoms with Gasteiger partial charge in [0.1, 0.15) is 6.33 Å². The van der Waals surface area contributed by atoms with E-state index in [2.05, 4.69) is 34.1 Å². The maximum absolute atomic E-state index is 6.08. The summed E-state index contributed by atoms with van der Waals surface area (Å²) in [4.78, 5) is 8.95. The Balaban J connectivity index is 2.13. The third-order valence-electron chi connectivity index (χ3n) is 3.42. The number of aromatic nitrogens is 4. The molecule has 0 aliphatic heterocycles. The fourth-order valence-corrected chi connectivity index (χ4v) is 2.39. The normalized spacial score (nSPS) is 11.7. The smallest absolute Gasteiger partial charge is 0.204 e. The molecule has 0 amide bonds. The van der Waals surface area contributed by atoms with Crippen molar-refractivity contribution in [2.75, 3.05) is 39.1 Å². The first-order chi connectivity index (χ1) is 10.1. The lowest BCUT2D eigenvalue weighted by atomic mass is 10.3. The fraction of sp³-hybridized carbons (Fsp3) is 0.357. The molecule has 0 bridgehead atoms. The molecular weight excluding hydrogens is 288 g/mol. The molecule has 0 saturated carbocycles. The molecule has 1 aromatic carbocycles. The molecule has 0 radical (unpaired) electrons. The Hall–Kier alpha value is -1.92. The summed E-state index contributed by atoms with van der Waals surface area (Å²) in [7, 11) is 6.12. The molecule has 6 nitrogen and oxygen atoms in total. The molecule has 3 aromatic rings. The molecule has 21 heavy (non-hydrogen) atoms. The quantitative estimate of drug-likeness (QED) is 0.737. The van der Waals surface area contributed by atoms with Gasteiger partial charge in [0, 0.05) is 25.2 Å². The molecule has 2 heterocycles. The molecule has 2 aromatic heterocycles. The van der Waals surface area contributed by atoms with E-state index in [0.29, 0.717) is 5.02 Å². The van der Waals surface area contributed by atoms with Gasteiger partial charge in [0.25, 0.3) is 0 Å². The van der Waals surface area contributed by atoms with Crippen LogP contribution in [-0.4, -0.2) is 58.7 Å². The molecule has 7 heteroatoms. The molecule has 0 aliphatic rings. The Kier molecular flexibility index (Phi) is 3.65. The fourth-order valence-electron chi connectivity index (χ4n) is 2.22. The van der Waals surface area contributed by atoms with Crippen molar-refractivity contribution >= 4 is 34.1 Å². The van der Waals surface area contributed by atoms with Gasteiger partial charge in [0.2, 0.25) is 5.65 Å². The van der Waals surface area contributed by atoms with E-state index in [4.69, 9.17) is 16.6 Å². The topological polar surface area (TPSA) is 49.6 Å². The highest BCUT2D eigenvalue weighted by Gasteiger charge is 2.14. The van der Waals surface area contributed by atoms with Crippen molar-refractivity contribution in [2.45, 2.75) is 0 Å². The van der Waals surface area contributed by atoms with Crippen LogP contribution in [0.15, 0.2) is 24.5 Å². The van der Waals surface area contributed by atoms with Gasteiger partial charge in [0.05, 0.1) is 11.0 Å². The van der Waals surface area contributed by atoms with Crippen LogP contribution in [-0.2, 0) is 0 Å². The van der Waals surface area contributed by atoms with E-state index in [-0.39, 0.29) is 0 Å². The third kappa shape index (κ3) is 2.64. The lowest BCUT2D eigenvalue weighted by Gasteiger charge is -2.21. The van der Waals surface area contributed by atoms with Crippen LogP contribution in [0.25, 0.3) is 16.7 Å². The highest BCUT2D eigenvalue weighted by atomic mass is 35.5. The predicted octanol–water partition coefficient (Wildman–Crippen LogP) is 1.93. The van der Waals surface area contributed by atoms with Gasteiger partial charge in [-0.1, -0.05) is 11.6 Å². The van der Waals surface area contributed by atoms with E-state index >= 15 is 0 Å². The van der Waals surface area contributed by atoms with Crippen LogP contribution in [0.4, 0.5) is 5.82 Å². The van der Waals surface area contributed by atoms with E-state index in [0.717, 1.165) is 35.6 Å². The summed E-state index contributed by atoms with van der Waals surface area (Å²) >= 11 is 6.08. The maximum Gasteiger partial charge on any atom is 0.204 e. The SMILES string of the molecule is CN(C)CCN(C)c1nc2ccc(Cl)cc2n2cnnc12. The second-order valence-electron chi connectivity index (χ2n) is 5.32. The van der Waals surface area contributed by atoms with Crippen molar-refractivity contribution in [3.63, 3.8) is 0 Å². The molecule has 0 fully saturated rings. The molecular formula is C14H17ClN6. The van der Waals surface area contributed by atoms with E-state index in [9.17, 15) is 0 Å². The zero-order valence-electron chi connectivity index (χ0n) is 12.3. The number of nitrogens with zero attached hydrogens (tertiary/aromatic N) is 6. The van der Waals surface area contributed by atoms with Crippen LogP contribution in [0, 0.1) is 0 Å². The number of anilines is 1. The second kappa shape index (κ2) is 5.46. The average Bonchev–Trinajstić information content (AvgIpc) is 2.93. The van der Waals surface area contributed by atoms with E-state index in [1.807, 2.05) is 29.6 Å². The first-order valence-corrected chi connectivity index (χ1v) is 7.09. The van der Waals surface area contributed by atoms with E-state index in [1.54, 1.807) is 6.33 Å². The predicted molar refractivity (Wildman–Crippen MR) is 85.1 cm³/mol. The number of rotatable bonds is 4. The average molecular weight is 305 g/mol. The number of halogens is 1. The summed E-state index contributed by atoms with van der Waals surface area (Å²) in [5.41, 5.74) is 2.52. The highest BCUT2D eigenvalue weighted by Crippen LogP contribution is 2.24. The van der Waals surface area contributed by atoms with Crippen LogP contribution >= 0.6 is 11.6 Å². The standard InChI is InChI=1S/C14H17ClN6/c1-19(2)6-7-20(3)13-14-18-16-9-21(14)12-8-10(15)4-5-11(12)17-13/h4-5,8-9H,6-7H2,1-3H3. The van der Waals surface area contributed by atoms with Gasteiger partial charge < -0.3 is 9.80 Å². The Morgan fingerprint density at radius 3 is 2.76 bits per heavy atom. The number of likely N-dealkylation sites (N-methyl/N-ethyl adjacent to an activating group) is 2. The zero-order chi connectivity index (χ0) is 15.0. The molecule has 3 rings (SSSR count). The van der Waals surface area contributed by atoms with E-state index in [1.165, 1.54) is 0 Å². The van der Waals surface area contributed by atoms with Crippen LogP contribution in [0.1, 0.15) is 0 Å². The summed E-state index contributed by atoms with van der Waals surface area (Å²) in [6.45, 7) is 1.80.